The number of nitrogens with zero attached hydrogens (tertiary/aromatic N) is 2. The summed E-state index contributed by atoms with van der Waals surface area (Å²) >= 11 is 0. The fraction of sp³-hybridized carbons (Fsp3) is 0.720. The van der Waals surface area contributed by atoms with E-state index in [9.17, 15) is 4.79 Å². The zero-order valence-corrected chi connectivity index (χ0v) is 19.4. The molecule has 0 aliphatic carbocycles. The summed E-state index contributed by atoms with van der Waals surface area (Å²) in [5.41, 5.74) is 0.938. The van der Waals surface area contributed by atoms with E-state index in [-0.39, 0.29) is 5.91 Å². The van der Waals surface area contributed by atoms with Crippen LogP contribution in [0.5, 0.6) is 11.5 Å². The molecule has 6 heteroatoms. The second-order valence-corrected chi connectivity index (χ2v) is 9.59. The van der Waals surface area contributed by atoms with E-state index in [0.29, 0.717) is 19.0 Å². The predicted molar refractivity (Wildman–Crippen MR) is 122 cm³/mol. The first-order valence-electron chi connectivity index (χ1n) is 12.0. The Kier molecular flexibility index (Phi) is 7.39. The summed E-state index contributed by atoms with van der Waals surface area (Å²) in [4.78, 5) is 17.9. The minimum Gasteiger partial charge on any atom is -0.497 e. The minimum atomic E-state index is 0.115. The zero-order chi connectivity index (χ0) is 21.8. The number of hydrogen-bond donors (Lipinski definition) is 1. The van der Waals surface area contributed by atoms with Crippen LogP contribution in [-0.4, -0.2) is 68.7 Å². The molecular weight excluding hydrogens is 390 g/mol. The van der Waals surface area contributed by atoms with Crippen LogP contribution >= 0.6 is 0 Å². The Hall–Kier alpha value is -1.79. The van der Waals surface area contributed by atoms with Gasteiger partial charge in [0.2, 0.25) is 5.91 Å². The summed E-state index contributed by atoms with van der Waals surface area (Å²) in [5.74, 6) is 3.29. The molecule has 0 aromatic heterocycles. The van der Waals surface area contributed by atoms with Gasteiger partial charge in [0.1, 0.15) is 11.5 Å². The molecule has 0 saturated carbocycles. The Morgan fingerprint density at radius 2 is 1.97 bits per heavy atom. The van der Waals surface area contributed by atoms with Gasteiger partial charge < -0.3 is 19.7 Å². The number of hydrogen-bond acceptors (Lipinski definition) is 5. The Labute approximate surface area is 187 Å². The average molecular weight is 430 g/mol. The molecule has 0 spiro atoms. The van der Waals surface area contributed by atoms with Crippen molar-refractivity contribution < 1.29 is 14.3 Å². The van der Waals surface area contributed by atoms with Crippen molar-refractivity contribution >= 4 is 5.91 Å². The highest BCUT2D eigenvalue weighted by Crippen LogP contribution is 2.42. The highest BCUT2D eigenvalue weighted by molar-refractivity contribution is 5.75. The van der Waals surface area contributed by atoms with Crippen molar-refractivity contribution in [2.45, 2.75) is 63.6 Å². The molecule has 6 nitrogen and oxygen atoms in total. The third-order valence-corrected chi connectivity index (χ3v) is 7.80. The predicted octanol–water partition coefficient (Wildman–Crippen LogP) is 3.29. The molecule has 4 rings (SSSR count). The number of likely N-dealkylation sites (tertiary alicyclic amines) is 1. The van der Waals surface area contributed by atoms with Crippen molar-refractivity contribution in [3.63, 3.8) is 0 Å². The zero-order valence-electron chi connectivity index (χ0n) is 19.4. The van der Waals surface area contributed by atoms with Crippen LogP contribution in [0.15, 0.2) is 18.2 Å². The van der Waals surface area contributed by atoms with E-state index in [0.717, 1.165) is 47.8 Å². The van der Waals surface area contributed by atoms with E-state index in [1.807, 2.05) is 18.2 Å². The molecule has 3 aliphatic rings. The summed E-state index contributed by atoms with van der Waals surface area (Å²) in [6, 6.07) is 7.08. The Bertz CT molecular complexity index is 754. The maximum atomic E-state index is 12.5. The molecule has 1 amide bonds. The van der Waals surface area contributed by atoms with E-state index in [4.69, 9.17) is 9.47 Å². The van der Waals surface area contributed by atoms with Crippen molar-refractivity contribution in [1.29, 1.82) is 0 Å². The third-order valence-electron chi connectivity index (χ3n) is 7.80. The maximum absolute atomic E-state index is 12.5. The van der Waals surface area contributed by atoms with E-state index < -0.39 is 0 Å². The number of carbonyl (C=O) groups is 1. The van der Waals surface area contributed by atoms with Gasteiger partial charge in [0, 0.05) is 37.2 Å². The Morgan fingerprint density at radius 3 is 2.74 bits per heavy atom. The fourth-order valence-corrected chi connectivity index (χ4v) is 6.42. The summed E-state index contributed by atoms with van der Waals surface area (Å²) in [5, 5.41) is 3.07. The molecule has 31 heavy (non-hydrogen) atoms. The molecule has 3 saturated heterocycles. The first-order valence-corrected chi connectivity index (χ1v) is 12.0. The van der Waals surface area contributed by atoms with Crippen LogP contribution in [0.3, 0.4) is 0 Å². The van der Waals surface area contributed by atoms with Gasteiger partial charge in [0.15, 0.2) is 0 Å². The molecular formula is C25H39N3O3. The molecule has 0 bridgehead atoms. The number of methoxy groups -OCH3 is 2. The van der Waals surface area contributed by atoms with Gasteiger partial charge in [0.25, 0.3) is 0 Å². The molecule has 0 unspecified atom stereocenters. The van der Waals surface area contributed by atoms with Crippen molar-refractivity contribution in [3.05, 3.63) is 23.8 Å². The van der Waals surface area contributed by atoms with Gasteiger partial charge in [-0.05, 0) is 88.7 Å². The summed E-state index contributed by atoms with van der Waals surface area (Å²) < 4.78 is 10.7. The molecule has 3 fully saturated rings. The second kappa shape index (κ2) is 10.2. The molecule has 1 aromatic carbocycles. The largest absolute Gasteiger partial charge is 0.497 e. The number of piperidine rings is 3. The highest BCUT2D eigenvalue weighted by atomic mass is 16.5. The topological polar surface area (TPSA) is 54.0 Å². The van der Waals surface area contributed by atoms with Crippen molar-refractivity contribution in [2.24, 2.45) is 11.8 Å². The van der Waals surface area contributed by atoms with Crippen LogP contribution in [0, 0.1) is 11.8 Å². The molecule has 0 radical (unpaired) electrons. The van der Waals surface area contributed by atoms with Crippen LogP contribution in [0.4, 0.5) is 0 Å². The number of carbonyl (C=O) groups excluding carboxylic acids is 1. The number of rotatable bonds is 8. The van der Waals surface area contributed by atoms with Crippen LogP contribution in [-0.2, 0) is 11.3 Å². The molecule has 1 aromatic rings. The van der Waals surface area contributed by atoms with Crippen molar-refractivity contribution in [1.82, 2.24) is 15.1 Å². The van der Waals surface area contributed by atoms with Crippen LogP contribution in [0.25, 0.3) is 0 Å². The van der Waals surface area contributed by atoms with Gasteiger partial charge >= 0.3 is 0 Å². The van der Waals surface area contributed by atoms with Crippen LogP contribution in [0.1, 0.15) is 50.5 Å². The lowest BCUT2D eigenvalue weighted by Crippen LogP contribution is -2.63. The van der Waals surface area contributed by atoms with Crippen molar-refractivity contribution in [3.8, 4) is 11.5 Å². The SMILES string of the molecule is COc1ccc(OC)c(CNC(=O)CCC[C@@H]2[C@H]3CCCN4CCC[C@@H](CN2C)[C@@H]34)c1. The lowest BCUT2D eigenvalue weighted by Gasteiger charge is -2.57. The first-order chi connectivity index (χ1) is 15.1. The molecule has 3 heterocycles. The third kappa shape index (κ3) is 5.01. The fourth-order valence-electron chi connectivity index (χ4n) is 6.42. The number of nitrogens with one attached hydrogen (secondary N) is 1. The smallest absolute Gasteiger partial charge is 0.220 e. The highest BCUT2D eigenvalue weighted by Gasteiger charge is 2.47. The van der Waals surface area contributed by atoms with E-state index in [1.54, 1.807) is 14.2 Å². The quantitative estimate of drug-likeness (QED) is 0.687. The molecule has 4 atom stereocenters. The van der Waals surface area contributed by atoms with E-state index >= 15 is 0 Å². The van der Waals surface area contributed by atoms with Gasteiger partial charge in [-0.3, -0.25) is 9.69 Å². The Balaban J connectivity index is 1.27. The molecule has 1 N–H and O–H groups in total. The normalized spacial score (nSPS) is 28.6. The van der Waals surface area contributed by atoms with Gasteiger partial charge in [-0.25, -0.2) is 0 Å². The Morgan fingerprint density at radius 1 is 1.16 bits per heavy atom. The van der Waals surface area contributed by atoms with Gasteiger partial charge in [0.05, 0.1) is 14.2 Å². The molecule has 172 valence electrons. The average Bonchev–Trinajstić information content (AvgIpc) is 2.79. The van der Waals surface area contributed by atoms with Gasteiger partial charge in [-0.15, -0.1) is 0 Å². The number of amides is 1. The van der Waals surface area contributed by atoms with Gasteiger partial charge in [-0.1, -0.05) is 0 Å². The number of ether oxygens (including phenoxy) is 2. The summed E-state index contributed by atoms with van der Waals surface area (Å²) in [6.07, 6.45) is 8.10. The van der Waals surface area contributed by atoms with E-state index in [1.165, 1.54) is 45.3 Å². The van der Waals surface area contributed by atoms with Crippen LogP contribution < -0.4 is 14.8 Å². The minimum absolute atomic E-state index is 0.115. The summed E-state index contributed by atoms with van der Waals surface area (Å²) in [6.45, 7) is 4.28. The first kappa shape index (κ1) is 22.4. The lowest BCUT2D eigenvalue weighted by molar-refractivity contribution is -0.121. The van der Waals surface area contributed by atoms with Crippen molar-refractivity contribution in [2.75, 3.05) is 40.9 Å². The van der Waals surface area contributed by atoms with E-state index in [2.05, 4.69) is 22.2 Å². The lowest BCUT2D eigenvalue weighted by atomic mass is 9.69. The maximum Gasteiger partial charge on any atom is 0.220 e. The van der Waals surface area contributed by atoms with Crippen LogP contribution in [0.2, 0.25) is 0 Å². The number of benzene rings is 1. The monoisotopic (exact) mass is 429 g/mol. The summed E-state index contributed by atoms with van der Waals surface area (Å²) in [7, 11) is 5.61. The molecule has 3 aliphatic heterocycles. The van der Waals surface area contributed by atoms with Gasteiger partial charge in [-0.2, -0.15) is 0 Å². The second-order valence-electron chi connectivity index (χ2n) is 9.59. The standard InChI is InChI=1S/C25H39N3O3/c1-27-17-18-7-5-13-28-14-6-8-21(25(18)28)22(27)9-4-10-24(29)26-16-19-15-20(30-2)11-12-23(19)31-3/h11-12,15,18,21-22,25H,4-10,13-14,16-17H2,1-3H3,(H,26,29)/t18-,21+,22+,25-/m0/s1.